The maximum atomic E-state index is 11.2. The first kappa shape index (κ1) is 13.8. The van der Waals surface area contributed by atoms with Gasteiger partial charge < -0.3 is 0 Å². The highest BCUT2D eigenvalue weighted by Gasteiger charge is 2.49. The predicted molar refractivity (Wildman–Crippen MR) is 79.9 cm³/mol. The van der Waals surface area contributed by atoms with Gasteiger partial charge in [0.05, 0.1) is 10.00 Å². The van der Waals surface area contributed by atoms with Crippen LogP contribution >= 0.6 is 41.1 Å². The third kappa shape index (κ3) is 3.21. The summed E-state index contributed by atoms with van der Waals surface area (Å²) in [4.78, 5) is 0. The van der Waals surface area contributed by atoms with Gasteiger partial charge in [-0.1, -0.05) is 51.9 Å². The molecule has 6 heteroatoms. The second kappa shape index (κ2) is 5.54. The first-order chi connectivity index (χ1) is 8.00. The highest BCUT2D eigenvalue weighted by molar-refractivity contribution is 8.77. The first-order valence-electron chi connectivity index (χ1n) is 5.23. The lowest BCUT2D eigenvalue weighted by Crippen LogP contribution is -2.32. The molecule has 1 unspecified atom stereocenters. The molecule has 1 aliphatic rings. The van der Waals surface area contributed by atoms with Gasteiger partial charge in [-0.2, -0.15) is 0 Å². The molecule has 0 aromatic heterocycles. The Bertz CT molecular complexity index is 410. The third-order valence-electron chi connectivity index (χ3n) is 2.66. The van der Waals surface area contributed by atoms with Gasteiger partial charge in [0, 0.05) is 0 Å². The maximum absolute atomic E-state index is 11.2. The molecular formula is C11H14O2PS3+. The van der Waals surface area contributed by atoms with Crippen LogP contribution in [0.1, 0.15) is 24.7 Å². The zero-order valence-electron chi connectivity index (χ0n) is 9.57. The van der Waals surface area contributed by atoms with Crippen LogP contribution in [-0.4, -0.2) is 10.9 Å². The Labute approximate surface area is 116 Å². The molecule has 1 aromatic carbocycles. The zero-order valence-corrected chi connectivity index (χ0v) is 13.0. The van der Waals surface area contributed by atoms with Crippen molar-refractivity contribution in [2.45, 2.75) is 29.9 Å². The minimum atomic E-state index is -1.87. The molecule has 0 radical (unpaired) electrons. The van der Waals surface area contributed by atoms with Gasteiger partial charge >= 0.3 is 7.23 Å². The molecule has 1 aliphatic heterocycles. The fourth-order valence-electron chi connectivity index (χ4n) is 1.79. The normalized spacial score (nSPS) is 28.1. The van der Waals surface area contributed by atoms with Crippen molar-refractivity contribution in [3.05, 3.63) is 35.9 Å². The van der Waals surface area contributed by atoms with Crippen LogP contribution in [0.4, 0.5) is 0 Å². The average molecular weight is 305 g/mol. The highest BCUT2D eigenvalue weighted by atomic mass is 33.1. The molecule has 2 nitrogen and oxygen atoms in total. The Morgan fingerprint density at radius 2 is 2.00 bits per heavy atom. The largest absolute Gasteiger partial charge is 0.582 e. The monoisotopic (exact) mass is 305 g/mol. The molecule has 1 fully saturated rings. The molecule has 1 saturated heterocycles. The Morgan fingerprint density at radius 3 is 2.59 bits per heavy atom. The number of rotatable bonds is 3. The molecule has 3 atom stereocenters. The van der Waals surface area contributed by atoms with E-state index in [2.05, 4.69) is 38.2 Å². The molecule has 0 N–H and O–H groups in total. The topological polar surface area (TPSA) is 26.3 Å². The van der Waals surface area contributed by atoms with Crippen molar-refractivity contribution in [3.63, 3.8) is 0 Å². The standard InChI is InChI=1S/C11H13O2PS3/c1-11(2)10(13-14(12)15)9(16-17-11)8-6-4-3-5-7-8/h3-7,9-10H,1-2H3/p+1/t9-,10+/m1/s1. The summed E-state index contributed by atoms with van der Waals surface area (Å²) in [6, 6.07) is 10.2. The Kier molecular flexibility index (Phi) is 4.48. The summed E-state index contributed by atoms with van der Waals surface area (Å²) >= 11 is 3.87. The SMILES string of the molecule is CC1(C)SS[C@H](c2ccccc2)[C@@H]1O[P+](=O)S. The van der Waals surface area contributed by atoms with Crippen LogP contribution < -0.4 is 0 Å². The Morgan fingerprint density at radius 1 is 1.35 bits per heavy atom. The molecule has 92 valence electrons. The van der Waals surface area contributed by atoms with Crippen molar-refractivity contribution in [1.29, 1.82) is 0 Å². The average Bonchev–Trinajstić information content (AvgIpc) is 2.56. The van der Waals surface area contributed by atoms with Crippen LogP contribution in [0, 0.1) is 0 Å². The number of hydrogen-bond acceptors (Lipinski definition) is 4. The summed E-state index contributed by atoms with van der Waals surface area (Å²) in [5.74, 6) is 0. The van der Waals surface area contributed by atoms with Crippen molar-refractivity contribution >= 4 is 41.1 Å². The smallest absolute Gasteiger partial charge is 0.130 e. The van der Waals surface area contributed by atoms with E-state index < -0.39 is 7.23 Å². The van der Waals surface area contributed by atoms with Crippen LogP contribution in [0.3, 0.4) is 0 Å². The fraction of sp³-hybridized carbons (Fsp3) is 0.455. The highest BCUT2D eigenvalue weighted by Crippen LogP contribution is 2.60. The van der Waals surface area contributed by atoms with Crippen molar-refractivity contribution < 1.29 is 9.09 Å². The molecular weight excluding hydrogens is 291 g/mol. The van der Waals surface area contributed by atoms with E-state index in [0.717, 1.165) is 0 Å². The minimum Gasteiger partial charge on any atom is -0.130 e. The zero-order chi connectivity index (χ0) is 12.5. The summed E-state index contributed by atoms with van der Waals surface area (Å²) in [7, 11) is 1.69. The van der Waals surface area contributed by atoms with E-state index >= 15 is 0 Å². The van der Waals surface area contributed by atoms with Gasteiger partial charge in [0.1, 0.15) is 18.4 Å². The van der Waals surface area contributed by atoms with E-state index in [1.807, 2.05) is 18.2 Å². The number of thiol groups is 1. The van der Waals surface area contributed by atoms with Gasteiger partial charge in [0.2, 0.25) is 0 Å². The van der Waals surface area contributed by atoms with Gasteiger partial charge in [-0.25, -0.2) is 0 Å². The van der Waals surface area contributed by atoms with Crippen molar-refractivity contribution in [2.75, 3.05) is 0 Å². The summed E-state index contributed by atoms with van der Waals surface area (Å²) in [5, 5.41) is 0.210. The van der Waals surface area contributed by atoms with Crippen LogP contribution in [0.25, 0.3) is 0 Å². The third-order valence-corrected chi connectivity index (χ3v) is 7.03. The van der Waals surface area contributed by atoms with Crippen LogP contribution in [0.15, 0.2) is 30.3 Å². The van der Waals surface area contributed by atoms with E-state index in [1.165, 1.54) is 5.56 Å². The second-order valence-electron chi connectivity index (χ2n) is 4.38. The van der Waals surface area contributed by atoms with Gasteiger partial charge in [-0.3, -0.25) is 0 Å². The van der Waals surface area contributed by atoms with Gasteiger partial charge in [-0.15, -0.1) is 4.52 Å². The Balaban J connectivity index is 2.25. The van der Waals surface area contributed by atoms with E-state index in [4.69, 9.17) is 4.52 Å². The molecule has 0 saturated carbocycles. The van der Waals surface area contributed by atoms with E-state index in [1.54, 1.807) is 21.6 Å². The molecule has 0 bridgehead atoms. The lowest BCUT2D eigenvalue weighted by atomic mass is 9.98. The number of hydrogen-bond donors (Lipinski definition) is 1. The lowest BCUT2D eigenvalue weighted by Gasteiger charge is -2.22. The van der Waals surface area contributed by atoms with Crippen LogP contribution in [0.2, 0.25) is 0 Å². The van der Waals surface area contributed by atoms with Gasteiger partial charge in [0.25, 0.3) is 0 Å². The second-order valence-corrected chi connectivity index (χ2v) is 9.04. The fourth-order valence-corrected chi connectivity index (χ4v) is 6.29. The van der Waals surface area contributed by atoms with E-state index in [0.29, 0.717) is 0 Å². The summed E-state index contributed by atoms with van der Waals surface area (Å²) in [6.07, 6.45) is -0.0824. The molecule has 0 spiro atoms. The Hall–Kier alpha value is 0.330. The van der Waals surface area contributed by atoms with E-state index in [-0.39, 0.29) is 16.1 Å². The van der Waals surface area contributed by atoms with Crippen molar-refractivity contribution in [1.82, 2.24) is 0 Å². The molecule has 0 aliphatic carbocycles. The molecule has 0 amide bonds. The van der Waals surface area contributed by atoms with Crippen molar-refractivity contribution in [3.8, 4) is 0 Å². The van der Waals surface area contributed by atoms with Crippen LogP contribution in [-0.2, 0) is 9.09 Å². The molecule has 2 rings (SSSR count). The summed E-state index contributed by atoms with van der Waals surface area (Å²) in [5.41, 5.74) is 1.21. The van der Waals surface area contributed by atoms with E-state index in [9.17, 15) is 4.57 Å². The van der Waals surface area contributed by atoms with Gasteiger partial charge in [0.15, 0.2) is 0 Å². The molecule has 17 heavy (non-hydrogen) atoms. The lowest BCUT2D eigenvalue weighted by molar-refractivity contribution is 0.187. The first-order valence-corrected chi connectivity index (χ1v) is 9.77. The summed E-state index contributed by atoms with van der Waals surface area (Å²) < 4.78 is 16.7. The summed E-state index contributed by atoms with van der Waals surface area (Å²) in [6.45, 7) is 4.23. The van der Waals surface area contributed by atoms with Gasteiger partial charge in [-0.05, 0) is 24.0 Å². The minimum absolute atomic E-state index is 0.0566. The maximum Gasteiger partial charge on any atom is 0.582 e. The quantitative estimate of drug-likeness (QED) is 0.489. The molecule has 1 aromatic rings. The molecule has 1 heterocycles. The van der Waals surface area contributed by atoms with Crippen LogP contribution in [0.5, 0.6) is 0 Å². The number of benzene rings is 1. The predicted octanol–water partition coefficient (Wildman–Crippen LogP) is 4.87. The van der Waals surface area contributed by atoms with Crippen molar-refractivity contribution in [2.24, 2.45) is 0 Å².